The van der Waals surface area contributed by atoms with Gasteiger partial charge in [0, 0.05) is 0 Å². The summed E-state index contributed by atoms with van der Waals surface area (Å²) in [6.07, 6.45) is 12.2. The van der Waals surface area contributed by atoms with Crippen molar-refractivity contribution in [2.45, 2.75) is 65.7 Å². The van der Waals surface area contributed by atoms with E-state index < -0.39 is 0 Å². The summed E-state index contributed by atoms with van der Waals surface area (Å²) in [5, 5.41) is 0. The first-order valence-electron chi connectivity index (χ1n) is 6.77. The van der Waals surface area contributed by atoms with Crippen LogP contribution in [-0.4, -0.2) is 12.0 Å². The lowest BCUT2D eigenvalue weighted by molar-refractivity contribution is 0.410. The normalized spacial score (nSPS) is 13.4. The second-order valence-electron chi connectivity index (χ2n) is 4.70. The van der Waals surface area contributed by atoms with Crippen LogP contribution in [0.25, 0.3) is 0 Å². The molecule has 0 aliphatic rings. The van der Waals surface area contributed by atoms with E-state index in [0.717, 1.165) is 11.8 Å². The summed E-state index contributed by atoms with van der Waals surface area (Å²) in [7, 11) is 0. The van der Waals surface area contributed by atoms with Crippen molar-refractivity contribution in [3.8, 4) is 0 Å². The van der Waals surface area contributed by atoms with Gasteiger partial charge in [-0.1, -0.05) is 59.3 Å². The minimum absolute atomic E-state index is 0.974. The minimum Gasteiger partial charge on any atom is -0.165 e. The molecule has 0 fully saturated rings. The second-order valence-corrected chi connectivity index (χ2v) is 5.61. The van der Waals surface area contributed by atoms with Crippen LogP contribution < -0.4 is 0 Å². The Bertz CT molecular complexity index is 119. The van der Waals surface area contributed by atoms with Gasteiger partial charge in [0.25, 0.3) is 0 Å². The minimum atomic E-state index is 0.974. The topological polar surface area (TPSA) is 0 Å². The van der Waals surface area contributed by atoms with Crippen LogP contribution in [0.5, 0.6) is 0 Å². The highest BCUT2D eigenvalue weighted by Crippen LogP contribution is 2.21. The van der Waals surface area contributed by atoms with E-state index in [1.165, 1.54) is 50.7 Å². The van der Waals surface area contributed by atoms with Crippen molar-refractivity contribution in [2.24, 2.45) is 11.8 Å². The van der Waals surface area contributed by atoms with Crippen molar-refractivity contribution in [3.05, 3.63) is 0 Å². The Kier molecular flexibility index (Phi) is 11.1. The molecular weight excluding hydrogens is 200 g/mol. The third-order valence-electron chi connectivity index (χ3n) is 3.61. The summed E-state index contributed by atoms with van der Waals surface area (Å²) in [6, 6.07) is 0. The molecule has 92 valence electrons. The zero-order valence-electron chi connectivity index (χ0n) is 11.2. The zero-order chi connectivity index (χ0) is 11.5. The van der Waals surface area contributed by atoms with Gasteiger partial charge in [-0.15, -0.1) is 0 Å². The molecule has 0 amide bonds. The van der Waals surface area contributed by atoms with Crippen LogP contribution in [0.1, 0.15) is 65.7 Å². The maximum atomic E-state index is 2.34. The predicted octanol–water partition coefficient (Wildman–Crippen LogP) is 5.37. The maximum absolute atomic E-state index is 2.34. The quantitative estimate of drug-likeness (QED) is 0.454. The van der Waals surface area contributed by atoms with E-state index in [2.05, 4.69) is 27.0 Å². The van der Waals surface area contributed by atoms with Crippen LogP contribution in [0.4, 0.5) is 0 Å². The Morgan fingerprint density at radius 2 is 1.27 bits per heavy atom. The Labute approximate surface area is 102 Å². The molecule has 0 saturated heterocycles. The van der Waals surface area contributed by atoms with Crippen LogP contribution in [0.2, 0.25) is 0 Å². The van der Waals surface area contributed by atoms with Gasteiger partial charge in [-0.2, -0.15) is 11.8 Å². The van der Waals surface area contributed by atoms with Crippen LogP contribution in [-0.2, 0) is 0 Å². The summed E-state index contributed by atoms with van der Waals surface area (Å²) in [4.78, 5) is 0. The van der Waals surface area contributed by atoms with E-state index in [9.17, 15) is 0 Å². The summed E-state index contributed by atoms with van der Waals surface area (Å²) in [5.41, 5.74) is 0. The fourth-order valence-corrected chi connectivity index (χ4v) is 3.08. The third kappa shape index (κ3) is 8.19. The molecule has 1 heteroatoms. The molecule has 0 rings (SSSR count). The first kappa shape index (κ1) is 15.3. The van der Waals surface area contributed by atoms with Gasteiger partial charge in [0.15, 0.2) is 0 Å². The number of unbranched alkanes of at least 4 members (excludes halogenated alkanes) is 1. The number of thioether (sulfide) groups is 1. The Morgan fingerprint density at radius 3 is 1.67 bits per heavy atom. The molecule has 0 nitrogen and oxygen atoms in total. The SMILES string of the molecule is CCC(CC)CCCCC(CC)CSC. The number of rotatable bonds is 10. The summed E-state index contributed by atoms with van der Waals surface area (Å²) < 4.78 is 0. The van der Waals surface area contributed by atoms with Gasteiger partial charge >= 0.3 is 0 Å². The lowest BCUT2D eigenvalue weighted by atomic mass is 9.94. The molecule has 0 aliphatic heterocycles. The van der Waals surface area contributed by atoms with Gasteiger partial charge in [-0.05, 0) is 30.3 Å². The molecule has 15 heavy (non-hydrogen) atoms. The highest BCUT2D eigenvalue weighted by molar-refractivity contribution is 7.98. The van der Waals surface area contributed by atoms with Gasteiger partial charge in [0.2, 0.25) is 0 Å². The fourth-order valence-electron chi connectivity index (χ4n) is 2.20. The zero-order valence-corrected chi connectivity index (χ0v) is 12.0. The van der Waals surface area contributed by atoms with E-state index in [1.54, 1.807) is 0 Å². The summed E-state index contributed by atoms with van der Waals surface area (Å²) in [6.45, 7) is 7.00. The molecule has 0 spiro atoms. The van der Waals surface area contributed by atoms with E-state index >= 15 is 0 Å². The largest absolute Gasteiger partial charge is 0.165 e. The summed E-state index contributed by atoms with van der Waals surface area (Å²) in [5.74, 6) is 3.33. The van der Waals surface area contributed by atoms with Crippen molar-refractivity contribution in [1.82, 2.24) is 0 Å². The highest BCUT2D eigenvalue weighted by Gasteiger charge is 2.06. The van der Waals surface area contributed by atoms with E-state index in [4.69, 9.17) is 0 Å². The predicted molar refractivity (Wildman–Crippen MR) is 74.7 cm³/mol. The molecule has 0 N–H and O–H groups in total. The lowest BCUT2D eigenvalue weighted by Crippen LogP contribution is -2.03. The lowest BCUT2D eigenvalue weighted by Gasteiger charge is -2.15. The fraction of sp³-hybridized carbons (Fsp3) is 1.00. The van der Waals surface area contributed by atoms with Crippen LogP contribution >= 0.6 is 11.8 Å². The maximum Gasteiger partial charge on any atom is -0.00420 e. The first-order chi connectivity index (χ1) is 7.28. The van der Waals surface area contributed by atoms with Crippen molar-refractivity contribution >= 4 is 11.8 Å². The highest BCUT2D eigenvalue weighted by atomic mass is 32.2. The molecule has 1 unspecified atom stereocenters. The van der Waals surface area contributed by atoms with Crippen molar-refractivity contribution in [1.29, 1.82) is 0 Å². The Balaban J connectivity index is 3.42. The average Bonchev–Trinajstić information content (AvgIpc) is 2.28. The van der Waals surface area contributed by atoms with Gasteiger partial charge < -0.3 is 0 Å². The van der Waals surface area contributed by atoms with Crippen molar-refractivity contribution < 1.29 is 0 Å². The smallest absolute Gasteiger partial charge is 0.00420 e. The second kappa shape index (κ2) is 10.9. The molecule has 0 aromatic carbocycles. The molecule has 0 radical (unpaired) electrons. The van der Waals surface area contributed by atoms with Gasteiger partial charge in [-0.25, -0.2) is 0 Å². The van der Waals surface area contributed by atoms with E-state index in [1.807, 2.05) is 11.8 Å². The molecular formula is C14H30S. The third-order valence-corrected chi connectivity index (χ3v) is 4.41. The Morgan fingerprint density at radius 1 is 0.800 bits per heavy atom. The molecule has 0 aromatic rings. The Hall–Kier alpha value is 0.350. The number of hydrogen-bond acceptors (Lipinski definition) is 1. The van der Waals surface area contributed by atoms with Gasteiger partial charge in [0.1, 0.15) is 0 Å². The molecule has 0 saturated carbocycles. The molecule has 0 heterocycles. The van der Waals surface area contributed by atoms with Crippen LogP contribution in [0, 0.1) is 11.8 Å². The standard InChI is InChI=1S/C14H30S/c1-5-13(6-2)10-8-9-11-14(7-3)12-15-4/h13-14H,5-12H2,1-4H3. The average molecular weight is 230 g/mol. The van der Waals surface area contributed by atoms with Crippen molar-refractivity contribution in [3.63, 3.8) is 0 Å². The molecule has 0 aromatic heterocycles. The summed E-state index contributed by atoms with van der Waals surface area (Å²) >= 11 is 2.01. The number of hydrogen-bond donors (Lipinski definition) is 0. The van der Waals surface area contributed by atoms with Crippen molar-refractivity contribution in [2.75, 3.05) is 12.0 Å². The molecule has 0 bridgehead atoms. The van der Waals surface area contributed by atoms with Crippen LogP contribution in [0.3, 0.4) is 0 Å². The van der Waals surface area contributed by atoms with E-state index in [0.29, 0.717) is 0 Å². The monoisotopic (exact) mass is 230 g/mol. The van der Waals surface area contributed by atoms with Gasteiger partial charge in [0.05, 0.1) is 0 Å². The van der Waals surface area contributed by atoms with Gasteiger partial charge in [-0.3, -0.25) is 0 Å². The van der Waals surface area contributed by atoms with E-state index in [-0.39, 0.29) is 0 Å². The van der Waals surface area contributed by atoms with Crippen LogP contribution in [0.15, 0.2) is 0 Å². The molecule has 1 atom stereocenters. The first-order valence-corrected chi connectivity index (χ1v) is 8.16. The molecule has 0 aliphatic carbocycles.